The van der Waals surface area contributed by atoms with Crippen molar-refractivity contribution in [1.82, 2.24) is 4.31 Å². The van der Waals surface area contributed by atoms with Gasteiger partial charge in [0.1, 0.15) is 0 Å². The van der Waals surface area contributed by atoms with Crippen molar-refractivity contribution < 1.29 is 13.2 Å². The van der Waals surface area contributed by atoms with Crippen molar-refractivity contribution in [2.24, 2.45) is 5.73 Å². The lowest BCUT2D eigenvalue weighted by Crippen LogP contribution is -2.30. The monoisotopic (exact) mass is 332 g/mol. The zero-order valence-electron chi connectivity index (χ0n) is 13.4. The van der Waals surface area contributed by atoms with Crippen LogP contribution in [0.25, 0.3) is 0 Å². The average molecular weight is 332 g/mol. The Morgan fingerprint density at radius 3 is 2.30 bits per heavy atom. The van der Waals surface area contributed by atoms with Crippen LogP contribution in [0, 0.1) is 6.92 Å². The SMILES string of the molecule is Cc1ccc(S(=O)(=O)N(C)C(C)c2ccccc2)cc1C(N)=O. The first-order valence-corrected chi connectivity index (χ1v) is 8.62. The highest BCUT2D eigenvalue weighted by Crippen LogP contribution is 2.26. The van der Waals surface area contributed by atoms with Crippen LogP contribution in [0.15, 0.2) is 53.4 Å². The molecule has 2 aromatic rings. The minimum absolute atomic E-state index is 0.0576. The van der Waals surface area contributed by atoms with Crippen LogP contribution in [0.1, 0.15) is 34.5 Å². The number of carbonyl (C=O) groups excluding carboxylic acids is 1. The Balaban J connectivity index is 2.42. The first-order chi connectivity index (χ1) is 10.7. The van der Waals surface area contributed by atoms with Gasteiger partial charge in [0, 0.05) is 18.7 Å². The summed E-state index contributed by atoms with van der Waals surface area (Å²) in [5.74, 6) is -0.640. The second-order valence-electron chi connectivity index (χ2n) is 5.45. The smallest absolute Gasteiger partial charge is 0.249 e. The summed E-state index contributed by atoms with van der Waals surface area (Å²) in [6.07, 6.45) is 0. The standard InChI is InChI=1S/C17H20N2O3S/c1-12-9-10-15(11-16(12)17(18)20)23(21,22)19(3)13(2)14-7-5-4-6-8-14/h4-11,13H,1-3H3,(H2,18,20). The summed E-state index contributed by atoms with van der Waals surface area (Å²) in [5, 5.41) is 0. The number of nitrogens with two attached hydrogens (primary N) is 1. The topological polar surface area (TPSA) is 80.5 Å². The molecule has 0 radical (unpaired) electrons. The summed E-state index contributed by atoms with van der Waals surface area (Å²) in [6, 6.07) is 13.4. The lowest BCUT2D eigenvalue weighted by Gasteiger charge is -2.25. The summed E-state index contributed by atoms with van der Waals surface area (Å²) in [5.41, 5.74) is 7.06. The second-order valence-corrected chi connectivity index (χ2v) is 7.45. The highest BCUT2D eigenvalue weighted by atomic mass is 32.2. The number of hydrogen-bond acceptors (Lipinski definition) is 3. The van der Waals surface area contributed by atoms with Crippen LogP contribution in [0.3, 0.4) is 0 Å². The lowest BCUT2D eigenvalue weighted by atomic mass is 10.1. The highest BCUT2D eigenvalue weighted by Gasteiger charge is 2.27. The molecule has 0 bridgehead atoms. The predicted octanol–water partition coefficient (Wildman–Crippen LogP) is 2.48. The van der Waals surface area contributed by atoms with Gasteiger partial charge in [-0.3, -0.25) is 4.79 Å². The van der Waals surface area contributed by atoms with Crippen molar-refractivity contribution in [3.8, 4) is 0 Å². The number of amides is 1. The molecule has 0 aromatic heterocycles. The molecule has 122 valence electrons. The van der Waals surface area contributed by atoms with Crippen LogP contribution in [0.4, 0.5) is 0 Å². The fraction of sp³-hybridized carbons (Fsp3) is 0.235. The number of hydrogen-bond donors (Lipinski definition) is 1. The molecule has 2 aromatic carbocycles. The molecule has 0 aliphatic rings. The Kier molecular flexibility index (Phi) is 4.87. The van der Waals surface area contributed by atoms with Crippen LogP contribution in [0.2, 0.25) is 0 Å². The Labute approximate surface area is 136 Å². The number of nitrogens with zero attached hydrogens (tertiary/aromatic N) is 1. The summed E-state index contributed by atoms with van der Waals surface area (Å²) in [4.78, 5) is 11.5. The lowest BCUT2D eigenvalue weighted by molar-refractivity contribution is 0.0999. The molecule has 1 unspecified atom stereocenters. The summed E-state index contributed by atoms with van der Waals surface area (Å²) in [7, 11) is -2.21. The zero-order chi connectivity index (χ0) is 17.2. The van der Waals surface area contributed by atoms with Gasteiger partial charge in [-0.25, -0.2) is 8.42 Å². The third kappa shape index (κ3) is 3.43. The van der Waals surface area contributed by atoms with Crippen molar-refractivity contribution in [1.29, 1.82) is 0 Å². The van der Waals surface area contributed by atoms with Crippen LogP contribution in [-0.4, -0.2) is 25.7 Å². The third-order valence-electron chi connectivity index (χ3n) is 3.98. The second kappa shape index (κ2) is 6.52. The normalized spacial score (nSPS) is 13.0. The molecule has 2 N–H and O–H groups in total. The van der Waals surface area contributed by atoms with Gasteiger partial charge in [0.2, 0.25) is 15.9 Å². The van der Waals surface area contributed by atoms with Gasteiger partial charge in [-0.05, 0) is 37.1 Å². The van der Waals surface area contributed by atoms with E-state index in [-0.39, 0.29) is 16.5 Å². The molecule has 0 heterocycles. The molecule has 0 aliphatic heterocycles. The van der Waals surface area contributed by atoms with Gasteiger partial charge >= 0.3 is 0 Å². The summed E-state index contributed by atoms with van der Waals surface area (Å²) >= 11 is 0. The van der Waals surface area contributed by atoms with Crippen LogP contribution < -0.4 is 5.73 Å². The van der Waals surface area contributed by atoms with Gasteiger partial charge in [0.05, 0.1) is 4.90 Å². The van der Waals surface area contributed by atoms with E-state index in [1.807, 2.05) is 37.3 Å². The Bertz CT molecular complexity index is 817. The number of carbonyl (C=O) groups is 1. The van der Waals surface area contributed by atoms with Gasteiger partial charge in [-0.1, -0.05) is 36.4 Å². The van der Waals surface area contributed by atoms with E-state index in [1.165, 1.54) is 23.5 Å². The predicted molar refractivity (Wildman–Crippen MR) is 89.5 cm³/mol. The minimum Gasteiger partial charge on any atom is -0.366 e. The van der Waals surface area contributed by atoms with Gasteiger partial charge in [0.25, 0.3) is 0 Å². The van der Waals surface area contributed by atoms with Crippen molar-refractivity contribution in [3.63, 3.8) is 0 Å². The molecule has 2 rings (SSSR count). The van der Waals surface area contributed by atoms with E-state index < -0.39 is 15.9 Å². The molecule has 0 fully saturated rings. The summed E-state index contributed by atoms with van der Waals surface area (Å²) < 4.78 is 26.9. The van der Waals surface area contributed by atoms with Crippen molar-refractivity contribution >= 4 is 15.9 Å². The molecule has 23 heavy (non-hydrogen) atoms. The van der Waals surface area contributed by atoms with Gasteiger partial charge < -0.3 is 5.73 Å². The maximum absolute atomic E-state index is 12.8. The highest BCUT2D eigenvalue weighted by molar-refractivity contribution is 7.89. The van der Waals surface area contributed by atoms with Crippen molar-refractivity contribution in [3.05, 3.63) is 65.2 Å². The van der Waals surface area contributed by atoms with E-state index in [9.17, 15) is 13.2 Å². The molecule has 0 spiro atoms. The van der Waals surface area contributed by atoms with Gasteiger partial charge in [-0.2, -0.15) is 4.31 Å². The molecule has 1 amide bonds. The fourth-order valence-electron chi connectivity index (χ4n) is 2.34. The number of aryl methyl sites for hydroxylation is 1. The van der Waals surface area contributed by atoms with Crippen molar-refractivity contribution in [2.75, 3.05) is 7.05 Å². The quantitative estimate of drug-likeness (QED) is 0.913. The Morgan fingerprint density at radius 2 is 1.74 bits per heavy atom. The van der Waals surface area contributed by atoms with Gasteiger partial charge in [-0.15, -0.1) is 0 Å². The van der Waals surface area contributed by atoms with E-state index >= 15 is 0 Å². The first kappa shape index (κ1) is 17.2. The molecule has 0 aliphatic carbocycles. The maximum Gasteiger partial charge on any atom is 0.249 e. The minimum atomic E-state index is -3.73. The largest absolute Gasteiger partial charge is 0.366 e. The Morgan fingerprint density at radius 1 is 1.13 bits per heavy atom. The number of primary amides is 1. The molecule has 1 atom stereocenters. The third-order valence-corrected chi connectivity index (χ3v) is 5.90. The summed E-state index contributed by atoms with van der Waals surface area (Å²) in [6.45, 7) is 3.53. The van der Waals surface area contributed by atoms with E-state index in [2.05, 4.69) is 0 Å². The Hall–Kier alpha value is -2.18. The van der Waals surface area contributed by atoms with Crippen molar-refractivity contribution in [2.45, 2.75) is 24.8 Å². The molecular formula is C17H20N2O3S. The molecule has 0 saturated carbocycles. The molecule has 5 nitrogen and oxygen atoms in total. The van der Waals surface area contributed by atoms with E-state index in [0.29, 0.717) is 5.56 Å². The van der Waals surface area contributed by atoms with E-state index in [1.54, 1.807) is 13.0 Å². The number of rotatable bonds is 5. The fourth-order valence-corrected chi connectivity index (χ4v) is 3.72. The van der Waals surface area contributed by atoms with Crippen LogP contribution in [0.5, 0.6) is 0 Å². The van der Waals surface area contributed by atoms with Crippen LogP contribution in [-0.2, 0) is 10.0 Å². The number of benzene rings is 2. The maximum atomic E-state index is 12.8. The molecule has 6 heteroatoms. The molecular weight excluding hydrogens is 312 g/mol. The first-order valence-electron chi connectivity index (χ1n) is 7.18. The van der Waals surface area contributed by atoms with Gasteiger partial charge in [0.15, 0.2) is 0 Å². The molecule has 0 saturated heterocycles. The van der Waals surface area contributed by atoms with E-state index in [0.717, 1.165) is 5.56 Å². The zero-order valence-corrected chi connectivity index (χ0v) is 14.2. The average Bonchev–Trinajstić information content (AvgIpc) is 2.54. The van der Waals surface area contributed by atoms with E-state index in [4.69, 9.17) is 5.73 Å². The van der Waals surface area contributed by atoms with Crippen LogP contribution >= 0.6 is 0 Å². The number of sulfonamides is 1.